The lowest BCUT2D eigenvalue weighted by Crippen LogP contribution is -2.46. The number of allylic oxidation sites excluding steroid dienone is 2. The summed E-state index contributed by atoms with van der Waals surface area (Å²) in [5.41, 5.74) is 4.28. The van der Waals surface area contributed by atoms with E-state index in [0.29, 0.717) is 13.0 Å². The number of aliphatic hydroxyl groups excluding tert-OH is 2. The molecule has 0 saturated heterocycles. The summed E-state index contributed by atoms with van der Waals surface area (Å²) in [4.78, 5) is 8.43. The summed E-state index contributed by atoms with van der Waals surface area (Å²) in [6.45, 7) is 2.88. The largest absolute Gasteiger partial charge is 0.387 e. The molecule has 3 atom stereocenters. The van der Waals surface area contributed by atoms with E-state index in [2.05, 4.69) is 47.5 Å². The molecule has 2 N–H and O–H groups in total. The molecule has 172 valence electrons. The minimum atomic E-state index is -0.752. The Bertz CT molecular complexity index is 1100. The summed E-state index contributed by atoms with van der Waals surface area (Å²) >= 11 is 3.34. The predicted octanol–water partition coefficient (Wildman–Crippen LogP) is 5.31. The zero-order chi connectivity index (χ0) is 22.8. The van der Waals surface area contributed by atoms with Crippen LogP contribution in [0.15, 0.2) is 86.7 Å². The summed E-state index contributed by atoms with van der Waals surface area (Å²) < 4.78 is 0. The number of aliphatic imine (C=N–C) groups is 1. The molecule has 0 spiro atoms. The van der Waals surface area contributed by atoms with Gasteiger partial charge in [0, 0.05) is 23.4 Å². The van der Waals surface area contributed by atoms with Gasteiger partial charge in [0.05, 0.1) is 11.4 Å². The van der Waals surface area contributed by atoms with Crippen molar-refractivity contribution in [3.63, 3.8) is 0 Å². The molecule has 1 aromatic heterocycles. The lowest BCUT2D eigenvalue weighted by atomic mass is 9.88. The van der Waals surface area contributed by atoms with Crippen molar-refractivity contribution in [3.8, 4) is 0 Å². The van der Waals surface area contributed by atoms with Crippen LogP contribution in [0.1, 0.15) is 36.6 Å². The van der Waals surface area contributed by atoms with Crippen molar-refractivity contribution in [1.82, 2.24) is 4.90 Å². The van der Waals surface area contributed by atoms with E-state index in [1.807, 2.05) is 24.3 Å². The topological polar surface area (TPSA) is 56.1 Å². The fourth-order valence-corrected chi connectivity index (χ4v) is 6.70. The molecule has 0 saturated carbocycles. The van der Waals surface area contributed by atoms with E-state index in [9.17, 15) is 10.2 Å². The maximum Gasteiger partial charge on any atom is 0.157 e. The van der Waals surface area contributed by atoms with Gasteiger partial charge in [-0.2, -0.15) is 0 Å². The molecule has 2 unspecified atom stereocenters. The molecule has 0 bridgehead atoms. The Balaban J connectivity index is 1.47. The van der Waals surface area contributed by atoms with Gasteiger partial charge < -0.3 is 15.1 Å². The highest BCUT2D eigenvalue weighted by Gasteiger charge is 2.43. The Kier molecular flexibility index (Phi) is 6.88. The molecule has 1 aromatic carbocycles. The van der Waals surface area contributed by atoms with Crippen LogP contribution in [0.2, 0.25) is 0 Å². The van der Waals surface area contributed by atoms with Gasteiger partial charge in [-0.1, -0.05) is 73.7 Å². The second-order valence-corrected chi connectivity index (χ2v) is 10.9. The molecular weight excluding hydrogens is 448 g/mol. The summed E-state index contributed by atoms with van der Waals surface area (Å²) in [5, 5.41) is 25.4. The quantitative estimate of drug-likeness (QED) is 0.540. The van der Waals surface area contributed by atoms with Crippen LogP contribution < -0.4 is 0 Å². The maximum absolute atomic E-state index is 11.6. The molecule has 3 aliphatic rings. The van der Waals surface area contributed by atoms with Crippen LogP contribution in [0.5, 0.6) is 0 Å². The van der Waals surface area contributed by atoms with Gasteiger partial charge in [-0.05, 0) is 47.4 Å². The first-order chi connectivity index (χ1) is 16.1. The van der Waals surface area contributed by atoms with Crippen molar-refractivity contribution in [1.29, 1.82) is 0 Å². The third-order valence-electron chi connectivity index (χ3n) is 6.44. The molecule has 0 amide bonds. The van der Waals surface area contributed by atoms with Crippen molar-refractivity contribution >= 4 is 28.9 Å². The van der Waals surface area contributed by atoms with Gasteiger partial charge in [0.2, 0.25) is 0 Å². The summed E-state index contributed by atoms with van der Waals surface area (Å²) in [6.07, 6.45) is 7.60. The molecule has 4 nitrogen and oxygen atoms in total. The van der Waals surface area contributed by atoms with E-state index in [1.54, 1.807) is 23.1 Å². The lowest BCUT2D eigenvalue weighted by molar-refractivity contribution is 0.0835. The molecule has 6 heteroatoms. The fraction of sp³-hybridized carbons (Fsp3) is 0.370. The summed E-state index contributed by atoms with van der Waals surface area (Å²) in [5.74, 6) is 0.893. The minimum absolute atomic E-state index is 0.0889. The number of hydrogen-bond acceptors (Lipinski definition) is 6. The van der Waals surface area contributed by atoms with Crippen LogP contribution in [0, 0.1) is 0 Å². The average Bonchev–Trinajstić information content (AvgIpc) is 3.46. The number of benzene rings is 1. The Morgan fingerprint density at radius 1 is 1.06 bits per heavy atom. The van der Waals surface area contributed by atoms with Gasteiger partial charge in [-0.3, -0.25) is 0 Å². The van der Waals surface area contributed by atoms with E-state index in [0.717, 1.165) is 47.7 Å². The van der Waals surface area contributed by atoms with Crippen molar-refractivity contribution in [2.24, 2.45) is 4.99 Å². The first-order valence-electron chi connectivity index (χ1n) is 11.7. The second-order valence-electron chi connectivity index (χ2n) is 8.78. The average molecular weight is 479 g/mol. The minimum Gasteiger partial charge on any atom is -0.387 e. The number of aliphatic hydroxyl groups is 2. The number of rotatable bonds is 8. The Morgan fingerprint density at radius 2 is 1.91 bits per heavy atom. The lowest BCUT2D eigenvalue weighted by Gasteiger charge is -2.36. The van der Waals surface area contributed by atoms with Crippen LogP contribution in [-0.4, -0.2) is 45.1 Å². The van der Waals surface area contributed by atoms with Crippen LogP contribution in [0.25, 0.3) is 0 Å². The van der Waals surface area contributed by atoms with Gasteiger partial charge in [-0.15, -0.1) is 11.3 Å². The van der Waals surface area contributed by atoms with Gasteiger partial charge in [-0.25, -0.2) is 4.99 Å². The van der Waals surface area contributed by atoms with Crippen molar-refractivity contribution in [3.05, 3.63) is 92.2 Å². The number of unbranched alkanes of at least 4 members (excludes halogenated alkanes) is 1. The van der Waals surface area contributed by atoms with Crippen LogP contribution in [-0.2, 0) is 12.8 Å². The number of thioether (sulfide) groups is 1. The third-order valence-corrected chi connectivity index (χ3v) is 8.70. The molecule has 1 aliphatic carbocycles. The standard InChI is InChI=1S/C27H30N2O2S2/c1-2-3-8-19-15-21-24-26(33-25(21)22(30)16-19)28-23(17-18-9-5-4-6-10-18)29(27(24)31)13-12-20-11-7-14-32-20/h4-7,9-11,14-16,22,25,27,30-31H,2-3,8,12-13,17H2,1H3/t22?,25?,27-/m0/s1. The molecule has 2 aromatic rings. The summed E-state index contributed by atoms with van der Waals surface area (Å²) in [6, 6.07) is 14.5. The van der Waals surface area contributed by atoms with Gasteiger partial charge in [0.1, 0.15) is 10.9 Å². The first kappa shape index (κ1) is 22.7. The number of nitrogens with zero attached hydrogens (tertiary/aromatic N) is 2. The van der Waals surface area contributed by atoms with Crippen LogP contribution in [0.4, 0.5) is 0 Å². The van der Waals surface area contributed by atoms with E-state index in [1.165, 1.54) is 16.0 Å². The van der Waals surface area contributed by atoms with Crippen molar-refractivity contribution in [2.45, 2.75) is 56.6 Å². The molecule has 3 heterocycles. The Hall–Kier alpha value is -2.12. The molecule has 2 aliphatic heterocycles. The van der Waals surface area contributed by atoms with E-state index >= 15 is 0 Å². The highest BCUT2D eigenvalue weighted by atomic mass is 32.2. The third kappa shape index (κ3) is 4.76. The number of thiophene rings is 1. The Labute approximate surface area is 204 Å². The fourth-order valence-electron chi connectivity index (χ4n) is 4.71. The zero-order valence-electron chi connectivity index (χ0n) is 18.9. The molecule has 33 heavy (non-hydrogen) atoms. The monoisotopic (exact) mass is 478 g/mol. The molecule has 5 rings (SSSR count). The molecule has 0 fully saturated rings. The predicted molar refractivity (Wildman–Crippen MR) is 138 cm³/mol. The first-order valence-corrected chi connectivity index (χ1v) is 13.5. The van der Waals surface area contributed by atoms with Gasteiger partial charge in [0.15, 0.2) is 6.23 Å². The normalized spacial score (nSPS) is 24.3. The van der Waals surface area contributed by atoms with Crippen LogP contribution in [0.3, 0.4) is 0 Å². The Morgan fingerprint density at radius 3 is 2.67 bits per heavy atom. The summed E-state index contributed by atoms with van der Waals surface area (Å²) in [7, 11) is 0. The highest BCUT2D eigenvalue weighted by molar-refractivity contribution is 8.04. The van der Waals surface area contributed by atoms with E-state index in [4.69, 9.17) is 4.99 Å². The number of hydrogen-bond donors (Lipinski definition) is 2. The zero-order valence-corrected chi connectivity index (χ0v) is 20.5. The van der Waals surface area contributed by atoms with E-state index < -0.39 is 12.3 Å². The van der Waals surface area contributed by atoms with Crippen LogP contribution >= 0.6 is 23.1 Å². The SMILES string of the molecule is CCCCC1=CC(O)C2SC3=C(C2=C1)[C@H](O)N(CCc1cccs1)C(Cc1ccccc1)=N3. The van der Waals surface area contributed by atoms with Crippen molar-refractivity contribution < 1.29 is 10.2 Å². The highest BCUT2D eigenvalue weighted by Crippen LogP contribution is 2.50. The maximum atomic E-state index is 11.6. The van der Waals surface area contributed by atoms with E-state index in [-0.39, 0.29) is 5.25 Å². The molecular formula is C27H30N2O2S2. The smallest absolute Gasteiger partial charge is 0.157 e. The number of amidine groups is 1. The van der Waals surface area contributed by atoms with Crippen molar-refractivity contribution in [2.75, 3.05) is 6.54 Å². The van der Waals surface area contributed by atoms with Gasteiger partial charge in [0.25, 0.3) is 0 Å². The van der Waals surface area contributed by atoms with Gasteiger partial charge >= 0.3 is 0 Å². The number of fused-ring (bicyclic) bond motifs is 2. The molecule has 0 radical (unpaired) electrons. The second kappa shape index (κ2) is 10.0.